The Balaban J connectivity index is 2.72. The van der Waals surface area contributed by atoms with Gasteiger partial charge in [0.25, 0.3) is 0 Å². The largest absolute Gasteiger partial charge is 0.318 e. The van der Waals surface area contributed by atoms with E-state index in [1.54, 1.807) is 0 Å². The minimum atomic E-state index is 0.793. The Morgan fingerprint density at radius 3 is 2.62 bits per heavy atom. The van der Waals surface area contributed by atoms with Crippen LogP contribution in [-0.2, 0) is 0 Å². The van der Waals surface area contributed by atoms with Crippen LogP contribution in [0, 0.1) is 0 Å². The van der Waals surface area contributed by atoms with Crippen molar-refractivity contribution in [2.75, 3.05) is 6.54 Å². The maximum Gasteiger partial charge on any atom is 0.0237 e. The average molecular weight is 131 g/mol. The van der Waals surface area contributed by atoms with Crippen LogP contribution in [0.25, 0.3) is 0 Å². The molecule has 0 saturated carbocycles. The van der Waals surface area contributed by atoms with Crippen molar-refractivity contribution >= 4 is 10.2 Å². The molecule has 50 valence electrons. The van der Waals surface area contributed by atoms with Gasteiger partial charge in [0.15, 0.2) is 0 Å². The lowest BCUT2D eigenvalue weighted by atomic mass is 10.3. The highest BCUT2D eigenvalue weighted by Gasteiger charge is 1.87. The molecule has 0 aromatic heterocycles. The molecule has 2 heteroatoms. The summed E-state index contributed by atoms with van der Waals surface area (Å²) in [5.74, 6) is 0. The summed E-state index contributed by atoms with van der Waals surface area (Å²) in [5, 5.41) is 3.41. The SMILES string of the molecule is CCCCNC(C)[SiH3]. The Hall–Kier alpha value is 0.177. The number of hydrogen-bond acceptors (Lipinski definition) is 1. The lowest BCUT2D eigenvalue weighted by molar-refractivity contribution is 0.632. The summed E-state index contributed by atoms with van der Waals surface area (Å²) in [6.07, 6.45) is 2.63. The van der Waals surface area contributed by atoms with Crippen LogP contribution < -0.4 is 5.32 Å². The van der Waals surface area contributed by atoms with Crippen LogP contribution in [0.1, 0.15) is 26.7 Å². The Labute approximate surface area is 55.3 Å². The van der Waals surface area contributed by atoms with E-state index < -0.39 is 0 Å². The summed E-state index contributed by atoms with van der Waals surface area (Å²) < 4.78 is 0. The van der Waals surface area contributed by atoms with Gasteiger partial charge in [-0.25, -0.2) is 0 Å². The lowest BCUT2D eigenvalue weighted by Gasteiger charge is -2.05. The molecule has 0 heterocycles. The van der Waals surface area contributed by atoms with Crippen molar-refractivity contribution in [3.63, 3.8) is 0 Å². The highest BCUT2D eigenvalue weighted by Crippen LogP contribution is 1.82. The van der Waals surface area contributed by atoms with Crippen LogP contribution in [0.2, 0.25) is 0 Å². The molecule has 0 spiro atoms. The Morgan fingerprint density at radius 2 is 2.25 bits per heavy atom. The zero-order chi connectivity index (χ0) is 6.41. The molecule has 0 fully saturated rings. The van der Waals surface area contributed by atoms with E-state index >= 15 is 0 Å². The molecule has 1 N–H and O–H groups in total. The molecule has 1 unspecified atom stereocenters. The minimum Gasteiger partial charge on any atom is -0.318 e. The smallest absolute Gasteiger partial charge is 0.0237 e. The zero-order valence-corrected chi connectivity index (χ0v) is 8.20. The quantitative estimate of drug-likeness (QED) is 0.421. The molecule has 8 heavy (non-hydrogen) atoms. The van der Waals surface area contributed by atoms with Gasteiger partial charge in [-0.2, -0.15) is 0 Å². The van der Waals surface area contributed by atoms with E-state index in [2.05, 4.69) is 19.2 Å². The average Bonchev–Trinajstić information content (AvgIpc) is 1.66. The van der Waals surface area contributed by atoms with E-state index in [1.165, 1.54) is 29.6 Å². The maximum atomic E-state index is 3.41. The molecule has 0 saturated heterocycles. The van der Waals surface area contributed by atoms with Crippen molar-refractivity contribution in [3.05, 3.63) is 0 Å². The molecular weight excluding hydrogens is 114 g/mol. The normalized spacial score (nSPS) is 14.2. The standard InChI is InChI=1S/C6H17NSi/c1-3-4-5-7-6(2)8/h6-7H,3-5H2,1-2,8H3. The van der Waals surface area contributed by atoms with Gasteiger partial charge in [-0.3, -0.25) is 0 Å². The highest BCUT2D eigenvalue weighted by molar-refractivity contribution is 6.11. The molecule has 0 bridgehead atoms. The van der Waals surface area contributed by atoms with E-state index in [9.17, 15) is 0 Å². The first-order valence-electron chi connectivity index (χ1n) is 3.50. The van der Waals surface area contributed by atoms with Crippen LogP contribution in [-0.4, -0.2) is 22.5 Å². The number of hydrogen-bond donors (Lipinski definition) is 1. The maximum absolute atomic E-state index is 3.41. The fourth-order valence-electron chi connectivity index (χ4n) is 0.568. The summed E-state index contributed by atoms with van der Waals surface area (Å²) in [7, 11) is 1.27. The Morgan fingerprint density at radius 1 is 1.62 bits per heavy atom. The minimum absolute atomic E-state index is 0.793. The first kappa shape index (κ1) is 8.18. The summed E-state index contributed by atoms with van der Waals surface area (Å²) in [4.78, 5) is 0. The third-order valence-electron chi connectivity index (χ3n) is 1.08. The fourth-order valence-corrected chi connectivity index (χ4v) is 0.856. The third-order valence-corrected chi connectivity index (χ3v) is 1.49. The van der Waals surface area contributed by atoms with Gasteiger partial charge in [0.1, 0.15) is 0 Å². The number of rotatable bonds is 4. The van der Waals surface area contributed by atoms with Crippen LogP contribution in [0.15, 0.2) is 0 Å². The molecule has 0 radical (unpaired) electrons. The van der Waals surface area contributed by atoms with Gasteiger partial charge in [0, 0.05) is 10.2 Å². The van der Waals surface area contributed by atoms with Crippen molar-refractivity contribution < 1.29 is 0 Å². The highest BCUT2D eigenvalue weighted by atomic mass is 28.1. The summed E-state index contributed by atoms with van der Waals surface area (Å²) in [5.41, 5.74) is 0.793. The van der Waals surface area contributed by atoms with Gasteiger partial charge in [0.05, 0.1) is 0 Å². The van der Waals surface area contributed by atoms with Gasteiger partial charge in [-0.05, 0) is 18.6 Å². The van der Waals surface area contributed by atoms with E-state index in [1.807, 2.05) is 0 Å². The summed E-state index contributed by atoms with van der Waals surface area (Å²) in [6.45, 7) is 5.67. The van der Waals surface area contributed by atoms with Gasteiger partial charge in [0.2, 0.25) is 0 Å². The third kappa shape index (κ3) is 6.18. The zero-order valence-electron chi connectivity index (χ0n) is 6.20. The molecule has 0 aromatic carbocycles. The molecule has 0 rings (SSSR count). The predicted molar refractivity (Wildman–Crippen MR) is 42.3 cm³/mol. The van der Waals surface area contributed by atoms with Crippen LogP contribution in [0.4, 0.5) is 0 Å². The van der Waals surface area contributed by atoms with E-state index in [0.29, 0.717) is 0 Å². The summed E-state index contributed by atoms with van der Waals surface area (Å²) >= 11 is 0. The van der Waals surface area contributed by atoms with Crippen molar-refractivity contribution in [2.24, 2.45) is 0 Å². The number of unbranched alkanes of at least 4 members (excludes halogenated alkanes) is 1. The van der Waals surface area contributed by atoms with Crippen molar-refractivity contribution in [2.45, 2.75) is 32.4 Å². The van der Waals surface area contributed by atoms with Gasteiger partial charge >= 0.3 is 0 Å². The first-order chi connectivity index (χ1) is 3.77. The van der Waals surface area contributed by atoms with Gasteiger partial charge in [-0.1, -0.05) is 20.3 Å². The predicted octanol–water partition coefficient (Wildman–Crippen LogP) is 0.0875. The molecule has 1 atom stereocenters. The van der Waals surface area contributed by atoms with E-state index in [4.69, 9.17) is 0 Å². The second kappa shape index (κ2) is 5.32. The molecule has 1 nitrogen and oxygen atoms in total. The monoisotopic (exact) mass is 131 g/mol. The fraction of sp³-hybridized carbons (Fsp3) is 1.00. The first-order valence-corrected chi connectivity index (χ1v) is 4.66. The second-order valence-electron chi connectivity index (χ2n) is 2.46. The Kier molecular flexibility index (Phi) is 5.43. The molecule has 0 amide bonds. The number of nitrogens with one attached hydrogen (secondary N) is 1. The molecule has 0 aromatic rings. The van der Waals surface area contributed by atoms with Crippen LogP contribution >= 0.6 is 0 Å². The van der Waals surface area contributed by atoms with Crippen molar-refractivity contribution in [3.8, 4) is 0 Å². The lowest BCUT2D eigenvalue weighted by Crippen LogP contribution is -2.26. The molecule has 0 aliphatic carbocycles. The van der Waals surface area contributed by atoms with E-state index in [0.717, 1.165) is 5.67 Å². The second-order valence-corrected chi connectivity index (χ2v) is 4.19. The molecule has 0 aliphatic heterocycles. The van der Waals surface area contributed by atoms with Crippen LogP contribution in [0.3, 0.4) is 0 Å². The molecular formula is C6H17NSi. The van der Waals surface area contributed by atoms with Crippen molar-refractivity contribution in [1.82, 2.24) is 5.32 Å². The van der Waals surface area contributed by atoms with E-state index in [-0.39, 0.29) is 0 Å². The van der Waals surface area contributed by atoms with Gasteiger partial charge < -0.3 is 5.32 Å². The van der Waals surface area contributed by atoms with Crippen molar-refractivity contribution in [1.29, 1.82) is 0 Å². The van der Waals surface area contributed by atoms with Crippen LogP contribution in [0.5, 0.6) is 0 Å². The Bertz CT molecular complexity index is 45.8. The molecule has 0 aliphatic rings. The summed E-state index contributed by atoms with van der Waals surface area (Å²) in [6, 6.07) is 0. The topological polar surface area (TPSA) is 12.0 Å². The van der Waals surface area contributed by atoms with Gasteiger partial charge in [-0.15, -0.1) is 0 Å².